The van der Waals surface area contributed by atoms with Crippen LogP contribution in [0, 0.1) is 0 Å². The predicted molar refractivity (Wildman–Crippen MR) is 125 cm³/mol. The minimum absolute atomic E-state index is 0.0624. The number of nitrogens with two attached hydrogens (primary N) is 1. The molecule has 0 radical (unpaired) electrons. The van der Waals surface area contributed by atoms with Crippen LogP contribution in [0.5, 0.6) is 0 Å². The lowest BCUT2D eigenvalue weighted by atomic mass is 10.1. The van der Waals surface area contributed by atoms with Crippen molar-refractivity contribution in [2.45, 2.75) is 4.90 Å². The number of fused-ring (bicyclic) bond motifs is 1. The third kappa shape index (κ3) is 4.25. The summed E-state index contributed by atoms with van der Waals surface area (Å²) in [5.41, 5.74) is 3.72. The Kier molecular flexibility index (Phi) is 5.32. The van der Waals surface area contributed by atoms with E-state index in [1.807, 2.05) is 30.3 Å². The number of anilines is 1. The van der Waals surface area contributed by atoms with E-state index in [2.05, 4.69) is 25.6 Å². The van der Waals surface area contributed by atoms with Crippen LogP contribution in [-0.4, -0.2) is 39.1 Å². The van der Waals surface area contributed by atoms with Gasteiger partial charge in [-0.2, -0.15) is 9.61 Å². The molecule has 5 aromatic rings. The van der Waals surface area contributed by atoms with E-state index in [9.17, 15) is 13.2 Å². The third-order valence-corrected chi connectivity index (χ3v) is 5.99. The number of sulfonamides is 1. The minimum Gasteiger partial charge on any atom is -0.322 e. The fourth-order valence-electron chi connectivity index (χ4n) is 3.38. The van der Waals surface area contributed by atoms with E-state index in [-0.39, 0.29) is 10.8 Å². The van der Waals surface area contributed by atoms with Crippen LogP contribution in [0.3, 0.4) is 0 Å². The number of rotatable bonds is 5. The topological polar surface area (TPSA) is 145 Å². The number of hydrogen-bond acceptors (Lipinski definition) is 7. The molecule has 10 nitrogen and oxygen atoms in total. The number of primary sulfonamides is 1. The fourth-order valence-corrected chi connectivity index (χ4v) is 3.89. The Labute approximate surface area is 194 Å². The average molecular weight is 472 g/mol. The zero-order valence-corrected chi connectivity index (χ0v) is 18.3. The van der Waals surface area contributed by atoms with Crippen molar-refractivity contribution >= 4 is 27.3 Å². The average Bonchev–Trinajstić information content (AvgIpc) is 3.28. The monoisotopic (exact) mass is 471 g/mol. The molecular formula is C23H17N7O3S. The zero-order chi connectivity index (χ0) is 23.7. The summed E-state index contributed by atoms with van der Waals surface area (Å²) in [6, 6.07) is 19.9. The van der Waals surface area contributed by atoms with Gasteiger partial charge < -0.3 is 5.32 Å². The maximum Gasteiger partial charge on any atom is 0.255 e. The van der Waals surface area contributed by atoms with Crippen LogP contribution in [0.2, 0.25) is 0 Å². The Morgan fingerprint density at radius 2 is 1.65 bits per heavy atom. The molecule has 11 heteroatoms. The molecule has 3 aromatic heterocycles. The molecule has 0 aliphatic rings. The number of amides is 1. The molecule has 5 rings (SSSR count). The van der Waals surface area contributed by atoms with Crippen LogP contribution in [0.4, 0.5) is 5.69 Å². The second kappa shape index (κ2) is 8.46. The van der Waals surface area contributed by atoms with Gasteiger partial charge in [0.15, 0.2) is 11.5 Å². The van der Waals surface area contributed by atoms with Crippen molar-refractivity contribution in [1.82, 2.24) is 24.8 Å². The molecule has 168 valence electrons. The number of carbonyl (C=O) groups is 1. The Morgan fingerprint density at radius 1 is 0.882 bits per heavy atom. The van der Waals surface area contributed by atoms with Crippen molar-refractivity contribution in [2.24, 2.45) is 5.14 Å². The number of nitrogens with one attached hydrogen (secondary N) is 1. The molecule has 34 heavy (non-hydrogen) atoms. The van der Waals surface area contributed by atoms with E-state index < -0.39 is 10.0 Å². The van der Waals surface area contributed by atoms with Crippen LogP contribution in [0.1, 0.15) is 10.4 Å². The maximum atomic E-state index is 12.6. The highest BCUT2D eigenvalue weighted by Crippen LogP contribution is 2.23. The van der Waals surface area contributed by atoms with E-state index in [0.717, 1.165) is 11.1 Å². The molecule has 1 amide bonds. The summed E-state index contributed by atoms with van der Waals surface area (Å²) < 4.78 is 24.5. The number of benzene rings is 2. The first-order valence-corrected chi connectivity index (χ1v) is 11.6. The molecule has 0 saturated heterocycles. The summed E-state index contributed by atoms with van der Waals surface area (Å²) in [6.07, 6.45) is 3.35. The maximum absolute atomic E-state index is 12.6. The Balaban J connectivity index is 1.42. The smallest absolute Gasteiger partial charge is 0.255 e. The number of nitrogens with zero attached hydrogens (tertiary/aromatic N) is 5. The van der Waals surface area contributed by atoms with Crippen LogP contribution in [0.15, 0.2) is 90.1 Å². The molecule has 0 fully saturated rings. The fraction of sp³-hybridized carbons (Fsp3) is 0. The van der Waals surface area contributed by atoms with Gasteiger partial charge in [-0.1, -0.05) is 12.1 Å². The first-order valence-electron chi connectivity index (χ1n) is 10.1. The Morgan fingerprint density at radius 3 is 2.38 bits per heavy atom. The zero-order valence-electron chi connectivity index (χ0n) is 17.5. The van der Waals surface area contributed by atoms with E-state index >= 15 is 0 Å². The number of aromatic nitrogens is 5. The number of hydrogen-bond donors (Lipinski definition) is 2. The largest absolute Gasteiger partial charge is 0.322 e. The van der Waals surface area contributed by atoms with Gasteiger partial charge in [-0.15, -0.1) is 10.2 Å². The molecule has 0 spiro atoms. The van der Waals surface area contributed by atoms with Gasteiger partial charge in [0.05, 0.1) is 10.6 Å². The van der Waals surface area contributed by atoms with Crippen molar-refractivity contribution in [2.75, 3.05) is 5.32 Å². The van der Waals surface area contributed by atoms with Gasteiger partial charge in [0.25, 0.3) is 5.91 Å². The predicted octanol–water partition coefficient (Wildman–Crippen LogP) is 2.75. The summed E-state index contributed by atoms with van der Waals surface area (Å²) in [4.78, 5) is 16.6. The number of carbonyl (C=O) groups excluding carboxylic acids is 1. The van der Waals surface area contributed by atoms with Gasteiger partial charge in [0.2, 0.25) is 10.0 Å². The highest BCUT2D eigenvalue weighted by atomic mass is 32.2. The van der Waals surface area contributed by atoms with Crippen molar-refractivity contribution in [3.8, 4) is 22.6 Å². The quantitative estimate of drug-likeness (QED) is 0.401. The molecule has 0 aliphatic carbocycles. The summed E-state index contributed by atoms with van der Waals surface area (Å²) in [6.45, 7) is 0. The summed E-state index contributed by atoms with van der Waals surface area (Å²) in [5.74, 6) is 0.201. The van der Waals surface area contributed by atoms with Gasteiger partial charge in [-0.25, -0.2) is 13.6 Å². The van der Waals surface area contributed by atoms with E-state index in [4.69, 9.17) is 5.14 Å². The first kappa shape index (κ1) is 21.4. The van der Waals surface area contributed by atoms with Crippen molar-refractivity contribution in [3.05, 3.63) is 90.8 Å². The molecular weight excluding hydrogens is 454 g/mol. The highest BCUT2D eigenvalue weighted by Gasteiger charge is 2.13. The summed E-state index contributed by atoms with van der Waals surface area (Å²) in [5, 5.41) is 21.0. The summed E-state index contributed by atoms with van der Waals surface area (Å²) >= 11 is 0. The lowest BCUT2D eigenvalue weighted by molar-refractivity contribution is 0.102. The van der Waals surface area contributed by atoms with Gasteiger partial charge in [0, 0.05) is 34.8 Å². The highest BCUT2D eigenvalue weighted by molar-refractivity contribution is 7.89. The van der Waals surface area contributed by atoms with Gasteiger partial charge >= 0.3 is 0 Å². The van der Waals surface area contributed by atoms with Crippen molar-refractivity contribution in [3.63, 3.8) is 0 Å². The molecule has 2 aromatic carbocycles. The van der Waals surface area contributed by atoms with E-state index in [1.165, 1.54) is 24.3 Å². The minimum atomic E-state index is -3.83. The van der Waals surface area contributed by atoms with Crippen LogP contribution < -0.4 is 10.5 Å². The van der Waals surface area contributed by atoms with E-state index in [0.29, 0.717) is 28.4 Å². The SMILES string of the molecule is NS(=O)(=O)c1ccc(C(=O)Nc2cccc(-c3ccc4nnc(-c5ccncc5)n4n3)c2)cc1. The van der Waals surface area contributed by atoms with Gasteiger partial charge in [-0.05, 0) is 60.7 Å². The lowest BCUT2D eigenvalue weighted by Crippen LogP contribution is -2.14. The summed E-state index contributed by atoms with van der Waals surface area (Å²) in [7, 11) is -3.83. The van der Waals surface area contributed by atoms with Crippen LogP contribution in [-0.2, 0) is 10.0 Å². The second-order valence-corrected chi connectivity index (χ2v) is 8.91. The van der Waals surface area contributed by atoms with Gasteiger partial charge in [0.1, 0.15) is 0 Å². The standard InChI is InChI=1S/C23H17N7O3S/c24-34(32,33)19-6-4-16(5-7-19)23(31)26-18-3-1-2-17(14-18)20-8-9-21-27-28-22(30(21)29-20)15-10-12-25-13-11-15/h1-14H,(H,26,31)(H2,24,32,33). The van der Waals surface area contributed by atoms with Crippen molar-refractivity contribution in [1.29, 1.82) is 0 Å². The Bertz CT molecular complexity index is 1620. The second-order valence-electron chi connectivity index (χ2n) is 7.35. The number of pyridine rings is 1. The normalized spacial score (nSPS) is 11.4. The third-order valence-electron chi connectivity index (χ3n) is 5.06. The van der Waals surface area contributed by atoms with Crippen LogP contribution >= 0.6 is 0 Å². The molecule has 0 unspecified atom stereocenters. The molecule has 3 N–H and O–H groups in total. The molecule has 0 aliphatic heterocycles. The van der Waals surface area contributed by atoms with Gasteiger partial charge in [-0.3, -0.25) is 9.78 Å². The molecule has 0 bridgehead atoms. The molecule has 0 atom stereocenters. The molecule has 3 heterocycles. The van der Waals surface area contributed by atoms with Crippen LogP contribution in [0.25, 0.3) is 28.3 Å². The molecule has 0 saturated carbocycles. The first-order chi connectivity index (χ1) is 16.4. The van der Waals surface area contributed by atoms with E-state index in [1.54, 1.807) is 35.1 Å². The van der Waals surface area contributed by atoms with Crippen molar-refractivity contribution < 1.29 is 13.2 Å². The Hall–Kier alpha value is -4.48. The lowest BCUT2D eigenvalue weighted by Gasteiger charge is -2.08.